The van der Waals surface area contributed by atoms with E-state index in [-0.39, 0.29) is 38.1 Å². The van der Waals surface area contributed by atoms with Gasteiger partial charge in [-0.05, 0) is 19.7 Å². The van der Waals surface area contributed by atoms with E-state index in [9.17, 15) is 0 Å². The summed E-state index contributed by atoms with van der Waals surface area (Å²) in [5.41, 5.74) is 0.476. The number of hydrogen-bond acceptors (Lipinski definition) is 2. The first-order valence-electron chi connectivity index (χ1n) is 6.02. The molecule has 91 valence electrons. The standard InChI is InChI=1S/C13H23NO.Y/c1-5-14-8-11(13(9-14)6-7-13)15-10-12(2,3)4;/h2,5-10H2,1,3-4H3;/q-2;. The van der Waals surface area contributed by atoms with Crippen LogP contribution in [-0.2, 0) is 37.4 Å². The van der Waals surface area contributed by atoms with Gasteiger partial charge in [0.25, 0.3) is 0 Å². The van der Waals surface area contributed by atoms with E-state index in [0.717, 1.165) is 19.7 Å². The predicted octanol–water partition coefficient (Wildman–Crippen LogP) is 2.51. The largest absolute Gasteiger partial charge is 0.549 e. The molecule has 1 aliphatic carbocycles. The van der Waals surface area contributed by atoms with E-state index in [1.165, 1.54) is 25.5 Å². The third kappa shape index (κ3) is 3.51. The molecule has 0 unspecified atom stereocenters. The van der Waals surface area contributed by atoms with E-state index >= 15 is 0 Å². The molecule has 1 saturated carbocycles. The van der Waals surface area contributed by atoms with Gasteiger partial charge in [-0.3, -0.25) is 0 Å². The second-order valence-corrected chi connectivity index (χ2v) is 5.96. The topological polar surface area (TPSA) is 12.5 Å². The number of nitrogens with zero attached hydrogens (tertiary/aromatic N) is 1. The van der Waals surface area contributed by atoms with Crippen LogP contribution in [0.3, 0.4) is 0 Å². The number of likely N-dealkylation sites (tertiary alicyclic amines) is 1. The van der Waals surface area contributed by atoms with Gasteiger partial charge < -0.3 is 16.6 Å². The van der Waals surface area contributed by atoms with E-state index in [4.69, 9.17) is 4.74 Å². The van der Waals surface area contributed by atoms with Crippen LogP contribution >= 0.6 is 0 Å². The first kappa shape index (κ1) is 15.1. The van der Waals surface area contributed by atoms with Crippen molar-refractivity contribution in [3.63, 3.8) is 0 Å². The van der Waals surface area contributed by atoms with E-state index < -0.39 is 0 Å². The average Bonchev–Trinajstić information content (AvgIpc) is 2.78. The molecule has 1 heterocycles. The van der Waals surface area contributed by atoms with Crippen LogP contribution in [0, 0.1) is 23.9 Å². The molecule has 0 bridgehead atoms. The van der Waals surface area contributed by atoms with Gasteiger partial charge in [0.05, 0.1) is 0 Å². The van der Waals surface area contributed by atoms with Crippen molar-refractivity contribution in [2.45, 2.75) is 33.6 Å². The maximum absolute atomic E-state index is 5.99. The molecule has 2 aliphatic rings. The van der Waals surface area contributed by atoms with Gasteiger partial charge in [0, 0.05) is 32.7 Å². The summed E-state index contributed by atoms with van der Waals surface area (Å²) in [6.45, 7) is 14.7. The second kappa shape index (κ2) is 5.34. The molecule has 1 saturated heterocycles. The normalized spacial score (nSPS) is 24.8. The molecule has 0 N–H and O–H groups in total. The smallest absolute Gasteiger partial charge is 0 e. The fraction of sp³-hybridized carbons (Fsp3) is 0.846. The van der Waals surface area contributed by atoms with Crippen molar-refractivity contribution in [1.82, 2.24) is 4.90 Å². The zero-order valence-corrected chi connectivity index (χ0v) is 13.7. The molecule has 0 amide bonds. The fourth-order valence-electron chi connectivity index (χ4n) is 2.24. The number of likely N-dealkylation sites (N-methyl/N-ethyl adjacent to an activating group) is 1. The van der Waals surface area contributed by atoms with Gasteiger partial charge >= 0.3 is 0 Å². The minimum atomic E-state index is 0. The molecular formula is C13H23NOY-2. The Balaban J connectivity index is 0.00000128. The Hall–Kier alpha value is 1.02. The van der Waals surface area contributed by atoms with Crippen LogP contribution in [0.1, 0.15) is 33.6 Å². The summed E-state index contributed by atoms with van der Waals surface area (Å²) >= 11 is 0. The minimum absolute atomic E-state index is 0. The molecule has 0 atom stereocenters. The molecule has 16 heavy (non-hydrogen) atoms. The Labute approximate surface area is 125 Å². The van der Waals surface area contributed by atoms with Crippen molar-refractivity contribution in [2.75, 3.05) is 26.2 Å². The van der Waals surface area contributed by atoms with Crippen LogP contribution in [-0.4, -0.2) is 31.1 Å². The van der Waals surface area contributed by atoms with Gasteiger partial charge in [0.2, 0.25) is 0 Å². The predicted molar refractivity (Wildman–Crippen MR) is 62.1 cm³/mol. The fourth-order valence-corrected chi connectivity index (χ4v) is 2.24. The summed E-state index contributed by atoms with van der Waals surface area (Å²) in [6.07, 6.45) is 3.99. The Morgan fingerprint density at radius 2 is 2.06 bits per heavy atom. The SMILES string of the molecule is [CH2-]C(C)(C)CO[C-]1CN(CC)CC12CC2.[Y]. The summed E-state index contributed by atoms with van der Waals surface area (Å²) in [4.78, 5) is 2.48. The van der Waals surface area contributed by atoms with E-state index in [2.05, 4.69) is 32.6 Å². The summed E-state index contributed by atoms with van der Waals surface area (Å²) in [5, 5.41) is 0. The Morgan fingerprint density at radius 1 is 1.44 bits per heavy atom. The van der Waals surface area contributed by atoms with Gasteiger partial charge in [-0.2, -0.15) is 6.10 Å². The molecule has 1 radical (unpaired) electrons. The van der Waals surface area contributed by atoms with Gasteiger partial charge in [-0.25, -0.2) is 0 Å². The third-order valence-corrected chi connectivity index (χ3v) is 3.42. The first-order chi connectivity index (χ1) is 6.95. The molecule has 1 spiro atoms. The monoisotopic (exact) mass is 298 g/mol. The Morgan fingerprint density at radius 3 is 2.50 bits per heavy atom. The van der Waals surface area contributed by atoms with Gasteiger partial charge in [0.1, 0.15) is 0 Å². The Kier molecular flexibility index (Phi) is 5.03. The summed E-state index contributed by atoms with van der Waals surface area (Å²) < 4.78 is 5.99. The summed E-state index contributed by atoms with van der Waals surface area (Å²) in [6, 6.07) is 0. The molecule has 1 aliphatic heterocycles. The van der Waals surface area contributed by atoms with Crippen LogP contribution in [0.5, 0.6) is 0 Å². The first-order valence-corrected chi connectivity index (χ1v) is 6.02. The Bertz CT molecular complexity index is 233. The van der Waals surface area contributed by atoms with Crippen molar-refractivity contribution in [3.8, 4) is 0 Å². The molecule has 2 rings (SSSR count). The van der Waals surface area contributed by atoms with Gasteiger partial charge in [-0.1, -0.05) is 33.6 Å². The van der Waals surface area contributed by atoms with E-state index in [1.54, 1.807) is 0 Å². The minimum Gasteiger partial charge on any atom is -0.549 e. The molecular weight excluding hydrogens is 275 g/mol. The molecule has 2 nitrogen and oxygen atoms in total. The van der Waals surface area contributed by atoms with Crippen molar-refractivity contribution in [3.05, 3.63) is 13.0 Å². The van der Waals surface area contributed by atoms with Crippen LogP contribution in [0.25, 0.3) is 0 Å². The van der Waals surface area contributed by atoms with Gasteiger partial charge in [0.15, 0.2) is 0 Å². The number of hydrogen-bond donors (Lipinski definition) is 0. The second-order valence-electron chi connectivity index (χ2n) is 5.96. The summed E-state index contributed by atoms with van der Waals surface area (Å²) in [7, 11) is 0. The van der Waals surface area contributed by atoms with E-state index in [0.29, 0.717) is 5.41 Å². The molecule has 0 aromatic rings. The van der Waals surface area contributed by atoms with Crippen LogP contribution in [0.4, 0.5) is 0 Å². The zero-order chi connectivity index (χ0) is 11.1. The van der Waals surface area contributed by atoms with Gasteiger partial charge in [-0.15, -0.1) is 17.4 Å². The van der Waals surface area contributed by atoms with Crippen molar-refractivity contribution >= 4 is 0 Å². The quantitative estimate of drug-likeness (QED) is 0.740. The molecule has 2 fully saturated rings. The van der Waals surface area contributed by atoms with E-state index in [1.807, 2.05) is 0 Å². The molecule has 0 aromatic heterocycles. The molecule has 0 aromatic carbocycles. The van der Waals surface area contributed by atoms with Crippen LogP contribution in [0.15, 0.2) is 0 Å². The van der Waals surface area contributed by atoms with Crippen LogP contribution < -0.4 is 0 Å². The zero-order valence-electron chi connectivity index (χ0n) is 10.9. The maximum atomic E-state index is 5.99. The maximum Gasteiger partial charge on any atom is 0 e. The van der Waals surface area contributed by atoms with Crippen molar-refractivity contribution in [1.29, 1.82) is 0 Å². The third-order valence-electron chi connectivity index (χ3n) is 3.42. The van der Waals surface area contributed by atoms with Crippen molar-refractivity contribution < 1.29 is 37.4 Å². The number of rotatable bonds is 4. The van der Waals surface area contributed by atoms with Crippen molar-refractivity contribution in [2.24, 2.45) is 10.8 Å². The summed E-state index contributed by atoms with van der Waals surface area (Å²) in [5.74, 6) is 0. The molecule has 3 heteroatoms. The average molecular weight is 298 g/mol. The van der Waals surface area contributed by atoms with Crippen LogP contribution in [0.2, 0.25) is 0 Å². The number of ether oxygens (including phenoxy) is 1.